The van der Waals surface area contributed by atoms with Gasteiger partial charge in [-0.25, -0.2) is 0 Å². The largest absolute Gasteiger partial charge is 0.375 e. The van der Waals surface area contributed by atoms with Gasteiger partial charge in [-0.3, -0.25) is 4.79 Å². The summed E-state index contributed by atoms with van der Waals surface area (Å²) in [5.41, 5.74) is 0. The van der Waals surface area contributed by atoms with Gasteiger partial charge in [0, 0.05) is 19.0 Å². The highest BCUT2D eigenvalue weighted by Gasteiger charge is 2.33. The number of hydrogen-bond acceptors (Lipinski definition) is 3. The van der Waals surface area contributed by atoms with Crippen LogP contribution in [0.2, 0.25) is 0 Å². The lowest BCUT2D eigenvalue weighted by atomic mass is 9.87. The Morgan fingerprint density at radius 3 is 2.18 bits per heavy atom. The maximum absolute atomic E-state index is 12.5. The lowest BCUT2D eigenvalue weighted by Gasteiger charge is -2.39. The summed E-state index contributed by atoms with van der Waals surface area (Å²) in [6.45, 7) is 8.23. The molecule has 2 saturated heterocycles. The molecule has 2 heterocycles. The molecule has 3 aliphatic rings. The zero-order chi connectivity index (χ0) is 15.5. The Kier molecular flexibility index (Phi) is 5.40. The van der Waals surface area contributed by atoms with Gasteiger partial charge in [0.25, 0.3) is 0 Å². The molecule has 4 heteroatoms. The van der Waals surface area contributed by atoms with Crippen LogP contribution < -0.4 is 5.32 Å². The van der Waals surface area contributed by atoms with E-state index in [4.69, 9.17) is 4.74 Å². The van der Waals surface area contributed by atoms with Crippen molar-refractivity contribution in [1.82, 2.24) is 10.2 Å². The molecule has 3 rings (SSSR count). The Balaban J connectivity index is 1.39. The monoisotopic (exact) mass is 308 g/mol. The number of ether oxygens (including phenoxy) is 1. The topological polar surface area (TPSA) is 41.6 Å². The van der Waals surface area contributed by atoms with E-state index in [2.05, 4.69) is 24.1 Å². The summed E-state index contributed by atoms with van der Waals surface area (Å²) < 4.78 is 6.30. The molecule has 0 bridgehead atoms. The van der Waals surface area contributed by atoms with E-state index in [-0.39, 0.29) is 5.92 Å². The fraction of sp³-hybridized carbons (Fsp3) is 0.944. The normalized spacial score (nSPS) is 32.5. The smallest absolute Gasteiger partial charge is 0.225 e. The summed E-state index contributed by atoms with van der Waals surface area (Å²) in [5, 5.41) is 3.26. The van der Waals surface area contributed by atoms with Gasteiger partial charge in [0.2, 0.25) is 5.91 Å². The molecule has 22 heavy (non-hydrogen) atoms. The van der Waals surface area contributed by atoms with Crippen LogP contribution in [-0.4, -0.2) is 49.2 Å². The fourth-order valence-electron chi connectivity index (χ4n) is 4.00. The first-order valence-corrected chi connectivity index (χ1v) is 9.28. The van der Waals surface area contributed by atoms with E-state index in [1.807, 2.05) is 0 Å². The van der Waals surface area contributed by atoms with Gasteiger partial charge < -0.3 is 15.0 Å². The molecule has 1 aliphatic carbocycles. The molecule has 4 nitrogen and oxygen atoms in total. The summed E-state index contributed by atoms with van der Waals surface area (Å²) in [5.74, 6) is 1.96. The second-order valence-electron chi connectivity index (χ2n) is 7.75. The third-order valence-electron chi connectivity index (χ3n) is 6.01. The molecule has 1 N–H and O–H groups in total. The van der Waals surface area contributed by atoms with Crippen molar-refractivity contribution in [3.8, 4) is 0 Å². The van der Waals surface area contributed by atoms with E-state index >= 15 is 0 Å². The number of likely N-dealkylation sites (tertiary alicyclic amines) is 1. The molecule has 2 aliphatic heterocycles. The minimum Gasteiger partial charge on any atom is -0.375 e. The number of nitrogens with one attached hydrogen (secondary N) is 1. The summed E-state index contributed by atoms with van der Waals surface area (Å²) >= 11 is 0. The van der Waals surface area contributed by atoms with E-state index in [0.717, 1.165) is 44.9 Å². The van der Waals surface area contributed by atoms with Crippen LogP contribution in [0.15, 0.2) is 0 Å². The summed E-state index contributed by atoms with van der Waals surface area (Å²) in [6.07, 6.45) is 7.98. The fourth-order valence-corrected chi connectivity index (χ4v) is 4.00. The molecule has 1 unspecified atom stereocenters. The minimum absolute atomic E-state index is 0.179. The van der Waals surface area contributed by atoms with Crippen molar-refractivity contribution in [2.75, 3.05) is 26.2 Å². The maximum Gasteiger partial charge on any atom is 0.225 e. The molecule has 0 aromatic heterocycles. The second kappa shape index (κ2) is 7.31. The Morgan fingerprint density at radius 1 is 1.05 bits per heavy atom. The van der Waals surface area contributed by atoms with Crippen LogP contribution in [0.4, 0.5) is 0 Å². The molecule has 3 fully saturated rings. The molecule has 0 aromatic carbocycles. The van der Waals surface area contributed by atoms with Crippen LogP contribution in [-0.2, 0) is 9.53 Å². The quantitative estimate of drug-likeness (QED) is 0.867. The van der Waals surface area contributed by atoms with Crippen LogP contribution in [0.25, 0.3) is 0 Å². The Bertz CT molecular complexity index is 367. The van der Waals surface area contributed by atoms with E-state index in [0.29, 0.717) is 24.0 Å². The van der Waals surface area contributed by atoms with Gasteiger partial charge in [0.15, 0.2) is 0 Å². The number of piperidine rings is 1. The summed E-state index contributed by atoms with van der Waals surface area (Å²) in [7, 11) is 0. The Hall–Kier alpha value is -0.610. The minimum atomic E-state index is 0.179. The predicted molar refractivity (Wildman–Crippen MR) is 87.6 cm³/mol. The molecule has 1 saturated carbocycles. The zero-order valence-electron chi connectivity index (χ0n) is 14.2. The molecule has 0 aromatic rings. The van der Waals surface area contributed by atoms with Crippen molar-refractivity contribution >= 4 is 5.91 Å². The molecule has 126 valence electrons. The first-order chi connectivity index (χ1) is 10.6. The number of nitrogens with zero attached hydrogens (tertiary/aromatic N) is 1. The highest BCUT2D eigenvalue weighted by Crippen LogP contribution is 2.28. The number of carbonyl (C=O) groups excluding carboxylic acids is 1. The van der Waals surface area contributed by atoms with Crippen molar-refractivity contribution in [3.05, 3.63) is 0 Å². The highest BCUT2D eigenvalue weighted by atomic mass is 16.5. The maximum atomic E-state index is 12.5. The van der Waals surface area contributed by atoms with Crippen LogP contribution >= 0.6 is 0 Å². The van der Waals surface area contributed by atoms with Crippen molar-refractivity contribution in [1.29, 1.82) is 0 Å². The van der Waals surface area contributed by atoms with Crippen molar-refractivity contribution in [3.63, 3.8) is 0 Å². The Morgan fingerprint density at radius 2 is 1.64 bits per heavy atom. The van der Waals surface area contributed by atoms with E-state index in [1.54, 1.807) is 0 Å². The molecule has 0 radical (unpaired) electrons. The molecule has 1 amide bonds. The van der Waals surface area contributed by atoms with Gasteiger partial charge >= 0.3 is 0 Å². The number of hydrogen-bond donors (Lipinski definition) is 1. The van der Waals surface area contributed by atoms with Gasteiger partial charge in [-0.05, 0) is 63.5 Å². The predicted octanol–water partition coefficient (Wildman–Crippen LogP) is 2.43. The van der Waals surface area contributed by atoms with Crippen LogP contribution in [0, 0.1) is 17.8 Å². The standard InChI is InChI=1S/C18H32N2O2/c1-13-3-5-16(6-4-13)22-17-7-9-20(10-8-17)18(21)14(2)15-11-19-12-15/h13-17,19H,3-12H2,1-2H3. The molecular formula is C18H32N2O2. The van der Waals surface area contributed by atoms with Gasteiger partial charge in [-0.1, -0.05) is 13.8 Å². The van der Waals surface area contributed by atoms with Crippen molar-refractivity contribution in [2.45, 2.75) is 64.6 Å². The Labute approximate surface area is 135 Å². The third-order valence-corrected chi connectivity index (χ3v) is 6.01. The average molecular weight is 308 g/mol. The summed E-state index contributed by atoms with van der Waals surface area (Å²) in [4.78, 5) is 14.6. The molecule has 1 atom stereocenters. The SMILES string of the molecule is CC1CCC(OC2CCN(C(=O)C(C)C3CNC3)CC2)CC1. The molecular weight excluding hydrogens is 276 g/mol. The van der Waals surface area contributed by atoms with Crippen molar-refractivity contribution in [2.24, 2.45) is 17.8 Å². The number of carbonyl (C=O) groups is 1. The second-order valence-corrected chi connectivity index (χ2v) is 7.75. The number of amides is 1. The van der Waals surface area contributed by atoms with Gasteiger partial charge in [-0.15, -0.1) is 0 Å². The van der Waals surface area contributed by atoms with Crippen LogP contribution in [0.3, 0.4) is 0 Å². The van der Waals surface area contributed by atoms with Crippen LogP contribution in [0.1, 0.15) is 52.4 Å². The van der Waals surface area contributed by atoms with E-state index in [1.165, 1.54) is 25.7 Å². The molecule has 0 spiro atoms. The summed E-state index contributed by atoms with van der Waals surface area (Å²) in [6, 6.07) is 0. The third kappa shape index (κ3) is 3.83. The lowest BCUT2D eigenvalue weighted by molar-refractivity contribution is -0.141. The highest BCUT2D eigenvalue weighted by molar-refractivity contribution is 5.79. The number of rotatable bonds is 4. The van der Waals surface area contributed by atoms with E-state index < -0.39 is 0 Å². The lowest BCUT2D eigenvalue weighted by Crippen LogP contribution is -2.52. The van der Waals surface area contributed by atoms with Gasteiger partial charge in [0.1, 0.15) is 0 Å². The van der Waals surface area contributed by atoms with Gasteiger partial charge in [-0.2, -0.15) is 0 Å². The van der Waals surface area contributed by atoms with Crippen LogP contribution in [0.5, 0.6) is 0 Å². The van der Waals surface area contributed by atoms with E-state index in [9.17, 15) is 4.79 Å². The first-order valence-electron chi connectivity index (χ1n) is 9.28. The zero-order valence-corrected chi connectivity index (χ0v) is 14.2. The average Bonchev–Trinajstić information content (AvgIpc) is 2.48. The van der Waals surface area contributed by atoms with Crippen molar-refractivity contribution < 1.29 is 9.53 Å². The van der Waals surface area contributed by atoms with Gasteiger partial charge in [0.05, 0.1) is 12.2 Å². The first kappa shape index (κ1) is 16.3.